The summed E-state index contributed by atoms with van der Waals surface area (Å²) in [6, 6.07) is 4.79. The van der Waals surface area contributed by atoms with Gasteiger partial charge in [0.1, 0.15) is 11.5 Å². The van der Waals surface area contributed by atoms with Crippen LogP contribution in [0, 0.1) is 0 Å². The van der Waals surface area contributed by atoms with E-state index in [1.54, 1.807) is 12.1 Å². The van der Waals surface area contributed by atoms with Crippen LogP contribution < -0.4 is 10.5 Å². The van der Waals surface area contributed by atoms with E-state index in [1.165, 1.54) is 6.07 Å². The predicted octanol–water partition coefficient (Wildman–Crippen LogP) is 1.79. The Morgan fingerprint density at radius 3 is 2.67 bits per heavy atom. The summed E-state index contributed by atoms with van der Waals surface area (Å²) in [6.07, 6.45) is 0. The number of ether oxygens (including phenoxy) is 1. The minimum absolute atomic E-state index is 0. The quantitative estimate of drug-likeness (QED) is 0.551. The largest absolute Gasteiger partial charge is 0.506 e. The molecule has 0 atom stereocenters. The van der Waals surface area contributed by atoms with Gasteiger partial charge in [-0.3, -0.25) is 0 Å². The van der Waals surface area contributed by atoms with Crippen LogP contribution in [-0.4, -0.2) is 11.7 Å². The van der Waals surface area contributed by atoms with E-state index in [2.05, 4.69) is 0 Å². The van der Waals surface area contributed by atoms with Gasteiger partial charge in [-0.1, -0.05) is 0 Å². The Labute approximate surface area is 77.6 Å². The highest BCUT2D eigenvalue weighted by Gasteiger charge is 1.97. The third kappa shape index (κ3) is 2.51. The Hall–Kier alpha value is -1.09. The fraction of sp³-hybridized carbons (Fsp3) is 0.250. The number of anilines is 1. The van der Waals surface area contributed by atoms with Crippen molar-refractivity contribution in [3.8, 4) is 11.5 Å². The van der Waals surface area contributed by atoms with E-state index in [1.807, 2.05) is 6.92 Å². The van der Waals surface area contributed by atoms with Crippen LogP contribution in [0.3, 0.4) is 0 Å². The molecule has 0 aromatic heterocycles. The molecule has 0 bridgehead atoms. The standard InChI is InChI=1S/C8H11NO2.ClH/c1-2-11-6-3-4-8(10)7(9)5-6;/h3-5,10H,2,9H2,1H3;1H. The maximum atomic E-state index is 9.03. The number of rotatable bonds is 2. The van der Waals surface area contributed by atoms with Crippen LogP contribution in [0.4, 0.5) is 5.69 Å². The lowest BCUT2D eigenvalue weighted by atomic mass is 10.3. The predicted molar refractivity (Wildman–Crippen MR) is 50.9 cm³/mol. The molecule has 3 nitrogen and oxygen atoms in total. The van der Waals surface area contributed by atoms with Crippen molar-refractivity contribution in [3.05, 3.63) is 18.2 Å². The van der Waals surface area contributed by atoms with Crippen molar-refractivity contribution < 1.29 is 9.84 Å². The molecule has 0 aliphatic rings. The molecule has 0 saturated heterocycles. The molecule has 4 heteroatoms. The summed E-state index contributed by atoms with van der Waals surface area (Å²) in [5.74, 6) is 0.774. The molecule has 0 spiro atoms. The number of aromatic hydroxyl groups is 1. The number of hydrogen-bond donors (Lipinski definition) is 2. The van der Waals surface area contributed by atoms with E-state index in [4.69, 9.17) is 15.6 Å². The zero-order valence-corrected chi connectivity index (χ0v) is 7.60. The highest BCUT2D eigenvalue weighted by atomic mass is 35.5. The third-order valence-electron chi connectivity index (χ3n) is 1.31. The minimum atomic E-state index is 0. The fourth-order valence-corrected chi connectivity index (χ4v) is 0.789. The van der Waals surface area contributed by atoms with Crippen LogP contribution in [0.2, 0.25) is 0 Å². The van der Waals surface area contributed by atoms with E-state index < -0.39 is 0 Å². The molecular formula is C8H12ClNO2. The molecule has 0 amide bonds. The molecule has 0 unspecified atom stereocenters. The lowest BCUT2D eigenvalue weighted by Crippen LogP contribution is -1.92. The number of phenols is 1. The van der Waals surface area contributed by atoms with E-state index in [-0.39, 0.29) is 18.2 Å². The van der Waals surface area contributed by atoms with Crippen molar-refractivity contribution in [3.63, 3.8) is 0 Å². The fourth-order valence-electron chi connectivity index (χ4n) is 0.789. The Morgan fingerprint density at radius 1 is 1.50 bits per heavy atom. The van der Waals surface area contributed by atoms with Crippen LogP contribution in [0.15, 0.2) is 18.2 Å². The van der Waals surface area contributed by atoms with Gasteiger partial charge in [0.2, 0.25) is 0 Å². The number of phenolic OH excluding ortho intramolecular Hbond substituents is 1. The normalized spacial score (nSPS) is 8.75. The van der Waals surface area contributed by atoms with E-state index in [0.29, 0.717) is 18.0 Å². The average Bonchev–Trinajstić information content (AvgIpc) is 1.98. The van der Waals surface area contributed by atoms with E-state index >= 15 is 0 Å². The number of halogens is 1. The Kier molecular flexibility index (Phi) is 4.29. The van der Waals surface area contributed by atoms with Gasteiger partial charge in [0, 0.05) is 6.07 Å². The summed E-state index contributed by atoms with van der Waals surface area (Å²) in [5, 5.41) is 9.03. The van der Waals surface area contributed by atoms with E-state index in [9.17, 15) is 0 Å². The second-order valence-electron chi connectivity index (χ2n) is 2.15. The van der Waals surface area contributed by atoms with Gasteiger partial charge in [0.25, 0.3) is 0 Å². The molecule has 1 aromatic carbocycles. The Bertz CT molecular complexity index is 253. The molecule has 12 heavy (non-hydrogen) atoms. The molecule has 0 radical (unpaired) electrons. The molecule has 3 N–H and O–H groups in total. The first-order valence-electron chi connectivity index (χ1n) is 3.45. The molecule has 0 heterocycles. The lowest BCUT2D eigenvalue weighted by molar-refractivity contribution is 0.339. The Morgan fingerprint density at radius 2 is 2.17 bits per heavy atom. The van der Waals surface area contributed by atoms with Crippen LogP contribution in [-0.2, 0) is 0 Å². The van der Waals surface area contributed by atoms with Crippen molar-refractivity contribution in [2.24, 2.45) is 0 Å². The van der Waals surface area contributed by atoms with Crippen LogP contribution in [0.5, 0.6) is 11.5 Å². The average molecular weight is 190 g/mol. The topological polar surface area (TPSA) is 55.5 Å². The van der Waals surface area contributed by atoms with Crippen molar-refractivity contribution in [2.45, 2.75) is 6.92 Å². The zero-order chi connectivity index (χ0) is 8.27. The zero-order valence-electron chi connectivity index (χ0n) is 6.78. The van der Waals surface area contributed by atoms with E-state index in [0.717, 1.165) is 0 Å². The maximum Gasteiger partial charge on any atom is 0.138 e. The van der Waals surface area contributed by atoms with Crippen molar-refractivity contribution in [1.82, 2.24) is 0 Å². The molecule has 0 fully saturated rings. The van der Waals surface area contributed by atoms with Crippen LogP contribution in [0.25, 0.3) is 0 Å². The lowest BCUT2D eigenvalue weighted by Gasteiger charge is -2.03. The minimum Gasteiger partial charge on any atom is -0.506 e. The molecule has 0 aliphatic heterocycles. The van der Waals surface area contributed by atoms with Gasteiger partial charge in [-0.25, -0.2) is 0 Å². The summed E-state index contributed by atoms with van der Waals surface area (Å²) in [5.41, 5.74) is 5.76. The second kappa shape index (κ2) is 4.72. The monoisotopic (exact) mass is 189 g/mol. The first-order chi connectivity index (χ1) is 5.24. The van der Waals surface area contributed by atoms with Gasteiger partial charge in [-0.2, -0.15) is 0 Å². The molecule has 68 valence electrons. The molecule has 1 rings (SSSR count). The van der Waals surface area contributed by atoms with Gasteiger partial charge in [0.05, 0.1) is 12.3 Å². The van der Waals surface area contributed by atoms with Gasteiger partial charge < -0.3 is 15.6 Å². The third-order valence-corrected chi connectivity index (χ3v) is 1.31. The summed E-state index contributed by atoms with van der Waals surface area (Å²) < 4.78 is 5.15. The van der Waals surface area contributed by atoms with Gasteiger partial charge in [0.15, 0.2) is 0 Å². The van der Waals surface area contributed by atoms with Crippen molar-refractivity contribution >= 4 is 18.1 Å². The van der Waals surface area contributed by atoms with Gasteiger partial charge >= 0.3 is 0 Å². The molecule has 0 aliphatic carbocycles. The molecule has 1 aromatic rings. The van der Waals surface area contributed by atoms with Crippen LogP contribution in [0.1, 0.15) is 6.92 Å². The first-order valence-corrected chi connectivity index (χ1v) is 3.45. The Balaban J connectivity index is 0.00000121. The highest BCUT2D eigenvalue weighted by Crippen LogP contribution is 2.24. The number of nitrogens with two attached hydrogens (primary N) is 1. The summed E-state index contributed by atoms with van der Waals surface area (Å²) >= 11 is 0. The number of nitrogen functional groups attached to an aromatic ring is 1. The van der Waals surface area contributed by atoms with Crippen LogP contribution >= 0.6 is 12.4 Å². The molecule has 0 saturated carbocycles. The molecular weight excluding hydrogens is 178 g/mol. The summed E-state index contributed by atoms with van der Waals surface area (Å²) in [4.78, 5) is 0. The summed E-state index contributed by atoms with van der Waals surface area (Å²) in [7, 11) is 0. The van der Waals surface area contributed by atoms with Crippen molar-refractivity contribution in [2.75, 3.05) is 12.3 Å². The van der Waals surface area contributed by atoms with Crippen molar-refractivity contribution in [1.29, 1.82) is 0 Å². The number of hydrogen-bond acceptors (Lipinski definition) is 3. The van der Waals surface area contributed by atoms with Gasteiger partial charge in [-0.05, 0) is 19.1 Å². The second-order valence-corrected chi connectivity index (χ2v) is 2.15. The summed E-state index contributed by atoms with van der Waals surface area (Å²) in [6.45, 7) is 2.49. The smallest absolute Gasteiger partial charge is 0.138 e. The maximum absolute atomic E-state index is 9.03. The number of benzene rings is 1. The first kappa shape index (κ1) is 10.9. The SMILES string of the molecule is CCOc1ccc(O)c(N)c1.Cl. The highest BCUT2D eigenvalue weighted by molar-refractivity contribution is 5.85. The van der Waals surface area contributed by atoms with Gasteiger partial charge in [-0.15, -0.1) is 12.4 Å².